The van der Waals surface area contributed by atoms with Crippen LogP contribution in [-0.2, 0) is 15.6 Å². The summed E-state index contributed by atoms with van der Waals surface area (Å²) in [5.41, 5.74) is 0. The van der Waals surface area contributed by atoms with Gasteiger partial charge < -0.3 is 5.11 Å². The predicted octanol–water partition coefficient (Wildman–Crippen LogP) is 2.34. The Morgan fingerprint density at radius 1 is 1.32 bits per heavy atom. The van der Waals surface area contributed by atoms with E-state index in [2.05, 4.69) is 0 Å². The van der Waals surface area contributed by atoms with Gasteiger partial charge in [-0.2, -0.15) is 13.2 Å². The molecule has 0 bridgehead atoms. The Hall–Kier alpha value is -1.51. The second-order valence-corrected chi connectivity index (χ2v) is 4.98. The molecule has 0 aliphatic heterocycles. The minimum Gasteiger partial charge on any atom is -0.481 e. The fraction of sp³-hybridized carbons (Fsp3) is 0.300. The quantitative estimate of drug-likeness (QED) is 0.869. The van der Waals surface area contributed by atoms with Crippen LogP contribution in [0.3, 0.4) is 0 Å². The second kappa shape index (κ2) is 5.64. The van der Waals surface area contributed by atoms with Crippen LogP contribution in [-0.4, -0.2) is 27.2 Å². The molecule has 0 amide bonds. The van der Waals surface area contributed by atoms with E-state index in [1.54, 1.807) is 0 Å². The molecule has 106 valence electrons. The Morgan fingerprint density at radius 2 is 1.89 bits per heavy atom. The fourth-order valence-corrected chi connectivity index (χ4v) is 2.52. The maximum absolute atomic E-state index is 13.2. The number of rotatable bonds is 4. The molecule has 0 aliphatic carbocycles. The average molecular weight is 302 g/mol. The van der Waals surface area contributed by atoms with E-state index in [9.17, 15) is 31.0 Å². The molecule has 2 unspecified atom stereocenters. The number of carbonyl (C=O) groups is 1. The first-order valence-electron chi connectivity index (χ1n) is 4.76. The van der Waals surface area contributed by atoms with Crippen molar-refractivity contribution in [3.05, 3.63) is 29.8 Å². The first kappa shape index (κ1) is 15.5. The SMILES string of the molecule is O=C(O)C(CS(=O)c1ccc(F)cc1F)C(F)(F)F. The minimum absolute atomic E-state index is 0.358. The summed E-state index contributed by atoms with van der Waals surface area (Å²) >= 11 is 0. The van der Waals surface area contributed by atoms with Crippen molar-refractivity contribution < 1.29 is 36.1 Å². The molecule has 1 N–H and O–H groups in total. The van der Waals surface area contributed by atoms with Crippen molar-refractivity contribution in [2.45, 2.75) is 11.1 Å². The number of benzene rings is 1. The molecule has 0 saturated heterocycles. The van der Waals surface area contributed by atoms with Crippen LogP contribution in [0.2, 0.25) is 0 Å². The molecular weight excluding hydrogens is 295 g/mol. The normalized spacial score (nSPS) is 15.0. The lowest BCUT2D eigenvalue weighted by atomic mass is 10.2. The monoisotopic (exact) mass is 302 g/mol. The van der Waals surface area contributed by atoms with E-state index in [0.717, 1.165) is 12.1 Å². The lowest BCUT2D eigenvalue weighted by molar-refractivity contribution is -0.188. The van der Waals surface area contributed by atoms with Crippen molar-refractivity contribution in [2.24, 2.45) is 5.92 Å². The van der Waals surface area contributed by atoms with Crippen LogP contribution in [0.15, 0.2) is 23.1 Å². The summed E-state index contributed by atoms with van der Waals surface area (Å²) in [7, 11) is -2.54. The lowest BCUT2D eigenvalue weighted by Gasteiger charge is -2.15. The Balaban J connectivity index is 2.98. The van der Waals surface area contributed by atoms with Gasteiger partial charge in [-0.25, -0.2) is 8.78 Å². The number of carboxylic acid groups (broad SMARTS) is 1. The standard InChI is InChI=1S/C10H7F5O3S/c11-5-1-2-8(7(12)3-5)19(18)4-6(9(16)17)10(13,14)15/h1-3,6H,4H2,(H,16,17). The van der Waals surface area contributed by atoms with Crippen LogP contribution in [0.5, 0.6) is 0 Å². The zero-order valence-electron chi connectivity index (χ0n) is 9.08. The third kappa shape index (κ3) is 3.98. The summed E-state index contributed by atoms with van der Waals surface area (Å²) in [6.07, 6.45) is -5.10. The highest BCUT2D eigenvalue weighted by molar-refractivity contribution is 7.85. The number of carboxylic acids is 1. The minimum atomic E-state index is -5.10. The molecule has 19 heavy (non-hydrogen) atoms. The third-order valence-corrected chi connectivity index (χ3v) is 3.61. The Kier molecular flexibility index (Phi) is 4.61. The number of hydrogen-bond acceptors (Lipinski definition) is 2. The molecule has 0 radical (unpaired) electrons. The summed E-state index contributed by atoms with van der Waals surface area (Å²) in [6.45, 7) is 0. The van der Waals surface area contributed by atoms with E-state index in [-0.39, 0.29) is 0 Å². The maximum Gasteiger partial charge on any atom is 0.403 e. The zero-order chi connectivity index (χ0) is 14.8. The van der Waals surface area contributed by atoms with Crippen LogP contribution in [0.1, 0.15) is 0 Å². The van der Waals surface area contributed by atoms with Crippen LogP contribution >= 0.6 is 0 Å². The van der Waals surface area contributed by atoms with E-state index in [0.29, 0.717) is 6.07 Å². The van der Waals surface area contributed by atoms with Crippen molar-refractivity contribution in [3.8, 4) is 0 Å². The highest BCUT2D eigenvalue weighted by Gasteiger charge is 2.46. The van der Waals surface area contributed by atoms with Crippen LogP contribution < -0.4 is 0 Å². The van der Waals surface area contributed by atoms with E-state index in [4.69, 9.17) is 5.11 Å². The summed E-state index contributed by atoms with van der Waals surface area (Å²) < 4.78 is 74.3. The summed E-state index contributed by atoms with van der Waals surface area (Å²) in [6, 6.07) is 1.80. The summed E-state index contributed by atoms with van der Waals surface area (Å²) in [5, 5.41) is 8.41. The van der Waals surface area contributed by atoms with Crippen molar-refractivity contribution in [1.29, 1.82) is 0 Å². The molecule has 2 atom stereocenters. The van der Waals surface area contributed by atoms with Gasteiger partial charge in [-0.15, -0.1) is 0 Å². The number of aliphatic carboxylic acids is 1. The van der Waals surface area contributed by atoms with E-state index >= 15 is 0 Å². The van der Waals surface area contributed by atoms with Crippen LogP contribution in [0.25, 0.3) is 0 Å². The number of halogens is 5. The van der Waals surface area contributed by atoms with Crippen molar-refractivity contribution in [2.75, 3.05) is 5.75 Å². The van der Waals surface area contributed by atoms with Gasteiger partial charge in [0, 0.05) is 6.07 Å². The Morgan fingerprint density at radius 3 is 2.32 bits per heavy atom. The summed E-state index contributed by atoms with van der Waals surface area (Å²) in [5.74, 6) is -8.68. The smallest absolute Gasteiger partial charge is 0.403 e. The molecule has 0 heterocycles. The van der Waals surface area contributed by atoms with E-state index in [1.165, 1.54) is 0 Å². The van der Waals surface area contributed by atoms with Gasteiger partial charge in [0.05, 0.1) is 21.4 Å². The van der Waals surface area contributed by atoms with Gasteiger partial charge in [0.25, 0.3) is 0 Å². The molecule has 0 fully saturated rings. The lowest BCUT2D eigenvalue weighted by Crippen LogP contribution is -2.35. The molecule has 1 aromatic carbocycles. The fourth-order valence-electron chi connectivity index (χ4n) is 1.21. The topological polar surface area (TPSA) is 54.4 Å². The Bertz CT molecular complexity index is 514. The van der Waals surface area contributed by atoms with Crippen LogP contribution in [0.4, 0.5) is 22.0 Å². The number of hydrogen-bond donors (Lipinski definition) is 1. The van der Waals surface area contributed by atoms with Crippen molar-refractivity contribution >= 4 is 16.8 Å². The van der Waals surface area contributed by atoms with Gasteiger partial charge in [0.15, 0.2) is 5.92 Å². The van der Waals surface area contributed by atoms with Crippen LogP contribution in [0, 0.1) is 17.6 Å². The molecule has 3 nitrogen and oxygen atoms in total. The maximum atomic E-state index is 13.2. The van der Waals surface area contributed by atoms with Gasteiger partial charge >= 0.3 is 12.1 Å². The third-order valence-electron chi connectivity index (χ3n) is 2.15. The molecule has 0 aliphatic rings. The Labute approximate surface area is 106 Å². The first-order chi connectivity index (χ1) is 8.62. The van der Waals surface area contributed by atoms with E-state index < -0.39 is 51.1 Å². The largest absolute Gasteiger partial charge is 0.481 e. The zero-order valence-corrected chi connectivity index (χ0v) is 9.89. The number of alkyl halides is 3. The van der Waals surface area contributed by atoms with Gasteiger partial charge in [0.1, 0.15) is 11.6 Å². The molecule has 0 saturated carbocycles. The van der Waals surface area contributed by atoms with Gasteiger partial charge in [-0.05, 0) is 12.1 Å². The predicted molar refractivity (Wildman–Crippen MR) is 54.8 cm³/mol. The molecular formula is C10H7F5O3S. The molecule has 1 rings (SSSR count). The highest BCUT2D eigenvalue weighted by Crippen LogP contribution is 2.28. The molecule has 1 aromatic rings. The van der Waals surface area contributed by atoms with Crippen molar-refractivity contribution in [1.82, 2.24) is 0 Å². The average Bonchev–Trinajstić information content (AvgIpc) is 2.23. The van der Waals surface area contributed by atoms with E-state index in [1.807, 2.05) is 0 Å². The highest BCUT2D eigenvalue weighted by atomic mass is 32.2. The summed E-state index contributed by atoms with van der Waals surface area (Å²) in [4.78, 5) is 9.77. The second-order valence-electron chi connectivity index (χ2n) is 3.52. The first-order valence-corrected chi connectivity index (χ1v) is 6.07. The van der Waals surface area contributed by atoms with Gasteiger partial charge in [-0.3, -0.25) is 9.00 Å². The van der Waals surface area contributed by atoms with Gasteiger partial charge in [-0.1, -0.05) is 0 Å². The van der Waals surface area contributed by atoms with Gasteiger partial charge in [0.2, 0.25) is 0 Å². The molecule has 0 aromatic heterocycles. The molecule has 9 heteroatoms. The van der Waals surface area contributed by atoms with Crippen molar-refractivity contribution in [3.63, 3.8) is 0 Å². The molecule has 0 spiro atoms.